The molecule has 2 aromatic carbocycles. The maximum atomic E-state index is 6.14. The summed E-state index contributed by atoms with van der Waals surface area (Å²) in [7, 11) is 4.19. The smallest absolute Gasteiger partial charge is 0.129 e. The van der Waals surface area contributed by atoms with Crippen molar-refractivity contribution in [1.29, 1.82) is 0 Å². The Bertz CT molecular complexity index is 1170. The first-order valence-electron chi connectivity index (χ1n) is 10.4. The lowest BCUT2D eigenvalue weighted by Crippen LogP contribution is -2.24. The Hall–Kier alpha value is -2.95. The Morgan fingerprint density at radius 1 is 0.871 bits per heavy atom. The van der Waals surface area contributed by atoms with Crippen molar-refractivity contribution >= 4 is 11.6 Å². The summed E-state index contributed by atoms with van der Waals surface area (Å²) in [4.78, 5) is 15.2. The van der Waals surface area contributed by atoms with Crippen LogP contribution in [-0.2, 0) is 0 Å². The van der Waals surface area contributed by atoms with Crippen LogP contribution in [0.4, 0.5) is 0 Å². The minimum Gasteiger partial charge on any atom is -0.340 e. The maximum Gasteiger partial charge on any atom is 0.129 e. The lowest BCUT2D eigenvalue weighted by molar-refractivity contribution is 0.329. The molecular formula is C26H27ClN4. The van der Waals surface area contributed by atoms with Gasteiger partial charge in [-0.05, 0) is 75.8 Å². The average molecular weight is 431 g/mol. The first kappa shape index (κ1) is 21.3. The van der Waals surface area contributed by atoms with E-state index in [1.165, 1.54) is 22.3 Å². The number of aryl methyl sites for hydroxylation is 3. The van der Waals surface area contributed by atoms with Gasteiger partial charge in [-0.25, -0.2) is 4.98 Å². The van der Waals surface area contributed by atoms with Crippen LogP contribution in [0.5, 0.6) is 0 Å². The molecule has 0 saturated heterocycles. The quantitative estimate of drug-likeness (QED) is 0.400. The highest BCUT2D eigenvalue weighted by Gasteiger charge is 2.26. The summed E-state index contributed by atoms with van der Waals surface area (Å²) in [6, 6.07) is 16.3. The largest absolute Gasteiger partial charge is 0.340 e. The highest BCUT2D eigenvalue weighted by atomic mass is 35.5. The predicted molar refractivity (Wildman–Crippen MR) is 128 cm³/mol. The second-order valence-corrected chi connectivity index (χ2v) is 8.70. The fraction of sp³-hybridized carbons (Fsp3) is 0.231. The minimum absolute atomic E-state index is 0.00207. The van der Waals surface area contributed by atoms with Crippen LogP contribution in [0.2, 0.25) is 5.02 Å². The van der Waals surface area contributed by atoms with Crippen molar-refractivity contribution in [2.45, 2.75) is 26.8 Å². The molecule has 0 fully saturated rings. The zero-order valence-electron chi connectivity index (χ0n) is 18.6. The molecule has 31 heavy (non-hydrogen) atoms. The number of aromatic amines is 1. The second-order valence-electron chi connectivity index (χ2n) is 8.27. The van der Waals surface area contributed by atoms with E-state index in [2.05, 4.69) is 61.9 Å². The van der Waals surface area contributed by atoms with Gasteiger partial charge < -0.3 is 4.98 Å². The highest BCUT2D eigenvalue weighted by molar-refractivity contribution is 6.30. The van der Waals surface area contributed by atoms with Crippen LogP contribution in [0, 0.1) is 20.8 Å². The SMILES string of the molecule is Cc1cc(C)c(C(c2nc(-c3ccc(Cl)cc3)c(-c3ccncc3)[nH]2)N(C)C)c(C)c1. The van der Waals surface area contributed by atoms with Gasteiger partial charge in [0.25, 0.3) is 0 Å². The first-order valence-corrected chi connectivity index (χ1v) is 10.7. The molecule has 158 valence electrons. The van der Waals surface area contributed by atoms with Crippen LogP contribution >= 0.6 is 11.6 Å². The van der Waals surface area contributed by atoms with E-state index in [9.17, 15) is 0 Å². The zero-order valence-corrected chi connectivity index (χ0v) is 19.3. The number of imidazole rings is 1. The molecule has 0 bridgehead atoms. The van der Waals surface area contributed by atoms with Gasteiger partial charge in [-0.1, -0.05) is 41.4 Å². The molecule has 1 atom stereocenters. The summed E-state index contributed by atoms with van der Waals surface area (Å²) >= 11 is 6.14. The summed E-state index contributed by atoms with van der Waals surface area (Å²) < 4.78 is 0. The summed E-state index contributed by atoms with van der Waals surface area (Å²) in [5.74, 6) is 0.914. The van der Waals surface area contributed by atoms with Gasteiger partial charge in [0.2, 0.25) is 0 Å². The van der Waals surface area contributed by atoms with E-state index in [4.69, 9.17) is 16.6 Å². The topological polar surface area (TPSA) is 44.8 Å². The van der Waals surface area contributed by atoms with Crippen LogP contribution in [0.15, 0.2) is 60.9 Å². The number of pyridine rings is 1. The molecular weight excluding hydrogens is 404 g/mol. The van der Waals surface area contributed by atoms with E-state index in [-0.39, 0.29) is 6.04 Å². The number of nitrogens with zero attached hydrogens (tertiary/aromatic N) is 3. The van der Waals surface area contributed by atoms with Crippen molar-refractivity contribution in [2.75, 3.05) is 14.1 Å². The van der Waals surface area contributed by atoms with Gasteiger partial charge in [0, 0.05) is 28.5 Å². The van der Waals surface area contributed by atoms with Crippen molar-refractivity contribution in [3.8, 4) is 22.5 Å². The van der Waals surface area contributed by atoms with Gasteiger partial charge in [-0.3, -0.25) is 9.88 Å². The van der Waals surface area contributed by atoms with Crippen molar-refractivity contribution in [2.24, 2.45) is 0 Å². The van der Waals surface area contributed by atoms with Gasteiger partial charge in [0.1, 0.15) is 5.82 Å². The lowest BCUT2D eigenvalue weighted by Gasteiger charge is -2.26. The first-order chi connectivity index (χ1) is 14.8. The molecule has 0 aliphatic heterocycles. The Labute approximate surface area is 189 Å². The molecule has 0 spiro atoms. The molecule has 0 amide bonds. The van der Waals surface area contributed by atoms with Crippen LogP contribution in [-0.4, -0.2) is 33.9 Å². The number of benzene rings is 2. The minimum atomic E-state index is 0.00207. The van der Waals surface area contributed by atoms with Crippen LogP contribution < -0.4 is 0 Å². The third-order valence-corrected chi connectivity index (χ3v) is 5.85. The van der Waals surface area contributed by atoms with Crippen LogP contribution in [0.3, 0.4) is 0 Å². The molecule has 0 saturated carbocycles. The number of hydrogen-bond donors (Lipinski definition) is 1. The molecule has 4 aromatic rings. The molecule has 1 N–H and O–H groups in total. The van der Waals surface area contributed by atoms with E-state index < -0.39 is 0 Å². The van der Waals surface area contributed by atoms with E-state index in [1.807, 2.05) is 36.4 Å². The van der Waals surface area contributed by atoms with Gasteiger partial charge >= 0.3 is 0 Å². The van der Waals surface area contributed by atoms with Crippen molar-refractivity contribution in [3.05, 3.63) is 94.0 Å². The van der Waals surface area contributed by atoms with Crippen molar-refractivity contribution in [3.63, 3.8) is 0 Å². The van der Waals surface area contributed by atoms with Gasteiger partial charge in [-0.2, -0.15) is 0 Å². The van der Waals surface area contributed by atoms with E-state index in [1.54, 1.807) is 12.4 Å². The number of H-pyrrole nitrogens is 1. The molecule has 0 aliphatic rings. The summed E-state index contributed by atoms with van der Waals surface area (Å²) in [5.41, 5.74) is 9.06. The van der Waals surface area contributed by atoms with Gasteiger partial charge in [0.05, 0.1) is 17.4 Å². The Kier molecular flexibility index (Phi) is 5.94. The van der Waals surface area contributed by atoms with Crippen molar-refractivity contribution < 1.29 is 0 Å². The molecule has 2 heterocycles. The molecule has 0 radical (unpaired) electrons. The molecule has 4 nitrogen and oxygen atoms in total. The molecule has 1 unspecified atom stereocenters. The van der Waals surface area contributed by atoms with E-state index in [0.29, 0.717) is 5.02 Å². The Balaban J connectivity index is 1.93. The molecule has 5 heteroatoms. The third-order valence-electron chi connectivity index (χ3n) is 5.60. The Morgan fingerprint density at radius 2 is 1.48 bits per heavy atom. The predicted octanol–water partition coefficient (Wildman–Crippen LogP) is 6.37. The molecule has 4 rings (SSSR count). The average Bonchev–Trinajstić information content (AvgIpc) is 3.16. The highest BCUT2D eigenvalue weighted by Crippen LogP contribution is 2.36. The molecule has 2 aromatic heterocycles. The summed E-state index contributed by atoms with van der Waals surface area (Å²) in [6.45, 7) is 6.50. The fourth-order valence-electron chi connectivity index (χ4n) is 4.33. The number of aromatic nitrogens is 3. The monoisotopic (exact) mass is 430 g/mol. The van der Waals surface area contributed by atoms with Crippen molar-refractivity contribution in [1.82, 2.24) is 19.9 Å². The van der Waals surface area contributed by atoms with Gasteiger partial charge in [0.15, 0.2) is 0 Å². The Morgan fingerprint density at radius 3 is 2.06 bits per heavy atom. The number of hydrogen-bond acceptors (Lipinski definition) is 3. The summed E-state index contributed by atoms with van der Waals surface area (Å²) in [6.07, 6.45) is 3.61. The van der Waals surface area contributed by atoms with Crippen LogP contribution in [0.25, 0.3) is 22.5 Å². The fourth-order valence-corrected chi connectivity index (χ4v) is 4.45. The normalized spacial score (nSPS) is 12.4. The maximum absolute atomic E-state index is 6.14. The second kappa shape index (κ2) is 8.66. The zero-order chi connectivity index (χ0) is 22.1. The molecule has 0 aliphatic carbocycles. The number of rotatable bonds is 5. The number of halogens is 1. The lowest BCUT2D eigenvalue weighted by atomic mass is 9.93. The van der Waals surface area contributed by atoms with Gasteiger partial charge in [-0.15, -0.1) is 0 Å². The van der Waals surface area contributed by atoms with Crippen LogP contribution in [0.1, 0.15) is 34.1 Å². The number of nitrogens with one attached hydrogen (secondary N) is 1. The summed E-state index contributed by atoms with van der Waals surface area (Å²) in [5, 5.41) is 0.710. The standard InChI is InChI=1S/C26H27ClN4/c1-16-14-17(2)22(18(3)15-16)25(31(4)5)26-29-23(19-6-8-21(27)9-7-19)24(30-26)20-10-12-28-13-11-20/h6-15,25H,1-5H3,(H,29,30). The van der Waals surface area contributed by atoms with E-state index >= 15 is 0 Å². The third kappa shape index (κ3) is 4.27. The van der Waals surface area contributed by atoms with E-state index in [0.717, 1.165) is 28.3 Å².